The van der Waals surface area contributed by atoms with Crippen LogP contribution in [0, 0.1) is 0 Å². The van der Waals surface area contributed by atoms with Crippen molar-refractivity contribution in [3.8, 4) is 0 Å². The number of hydrogen-bond donors (Lipinski definition) is 2. The Bertz CT molecular complexity index is 1040. The summed E-state index contributed by atoms with van der Waals surface area (Å²) >= 11 is 6.17. The average Bonchev–Trinajstić information content (AvgIpc) is 3.09. The van der Waals surface area contributed by atoms with E-state index in [0.29, 0.717) is 25.3 Å². The van der Waals surface area contributed by atoms with Crippen molar-refractivity contribution in [1.29, 1.82) is 0 Å². The molecule has 0 atom stereocenters. The summed E-state index contributed by atoms with van der Waals surface area (Å²) in [6.07, 6.45) is 5.43. The molecule has 0 bridgehead atoms. The topological polar surface area (TPSA) is 92.3 Å². The number of H-pyrrole nitrogens is 1. The predicted octanol–water partition coefficient (Wildman–Crippen LogP) is 3.37. The van der Waals surface area contributed by atoms with Crippen LogP contribution < -0.4 is 5.32 Å². The molecule has 0 amide bonds. The fourth-order valence-electron chi connectivity index (χ4n) is 3.35. The highest BCUT2D eigenvalue weighted by molar-refractivity contribution is 6.31. The van der Waals surface area contributed by atoms with Crippen LogP contribution in [0.15, 0.2) is 35.6 Å². The van der Waals surface area contributed by atoms with E-state index in [-0.39, 0.29) is 5.97 Å². The van der Waals surface area contributed by atoms with E-state index in [2.05, 4.69) is 25.0 Å². The number of carbonyl (C=O) groups is 1. The number of nitrogens with zero attached hydrogens (tertiary/aromatic N) is 3. The monoisotopic (exact) mass is 397 g/mol. The minimum absolute atomic E-state index is 0.219. The molecule has 0 aliphatic carbocycles. The molecule has 28 heavy (non-hydrogen) atoms. The lowest BCUT2D eigenvalue weighted by molar-refractivity contribution is -0.140. The Kier molecular flexibility index (Phi) is 5.25. The molecule has 3 heterocycles. The van der Waals surface area contributed by atoms with Crippen molar-refractivity contribution in [3.63, 3.8) is 0 Å². The molecule has 0 spiro atoms. The van der Waals surface area contributed by atoms with Crippen molar-refractivity contribution in [3.05, 3.63) is 52.4 Å². The highest BCUT2D eigenvalue weighted by Crippen LogP contribution is 2.29. The van der Waals surface area contributed by atoms with Crippen LogP contribution in [0.1, 0.15) is 29.7 Å². The van der Waals surface area contributed by atoms with E-state index in [1.807, 2.05) is 18.2 Å². The molecule has 2 aromatic heterocycles. The van der Waals surface area contributed by atoms with Crippen molar-refractivity contribution in [2.75, 3.05) is 25.5 Å². The number of anilines is 1. The quantitative estimate of drug-likeness (QED) is 0.491. The first-order valence-corrected chi connectivity index (χ1v) is 9.51. The fraction of sp³-hybridized carbons (Fsp3) is 0.300. The van der Waals surface area contributed by atoms with E-state index >= 15 is 0 Å². The lowest BCUT2D eigenvalue weighted by atomic mass is 9.99. The number of methoxy groups -OCH3 is 1. The minimum atomic E-state index is -0.219. The van der Waals surface area contributed by atoms with Crippen LogP contribution in [-0.4, -0.2) is 46.8 Å². The largest absolute Gasteiger partial charge is 0.469 e. The zero-order valence-electron chi connectivity index (χ0n) is 15.5. The molecular formula is C20H20ClN5O2. The zero-order chi connectivity index (χ0) is 19.5. The molecule has 3 aromatic rings. The van der Waals surface area contributed by atoms with Gasteiger partial charge in [0.15, 0.2) is 0 Å². The Morgan fingerprint density at radius 3 is 2.93 bits per heavy atom. The SMILES string of the molecule is COC(=O)CCCNc1ncc(C2=NCCc3c2[nH]c2ccc(Cl)cc32)cn1. The van der Waals surface area contributed by atoms with Crippen LogP contribution in [0.5, 0.6) is 0 Å². The lowest BCUT2D eigenvalue weighted by Crippen LogP contribution is -2.15. The number of nitrogens with one attached hydrogen (secondary N) is 2. The molecule has 1 aliphatic heterocycles. The summed E-state index contributed by atoms with van der Waals surface area (Å²) in [6.45, 7) is 1.32. The lowest BCUT2D eigenvalue weighted by Gasteiger charge is -2.13. The Labute approximate surface area is 167 Å². The number of aliphatic imine (C=N–C) groups is 1. The maximum absolute atomic E-state index is 11.1. The first kappa shape index (κ1) is 18.4. The smallest absolute Gasteiger partial charge is 0.305 e. The van der Waals surface area contributed by atoms with Crippen LogP contribution in [0.3, 0.4) is 0 Å². The third-order valence-electron chi connectivity index (χ3n) is 4.73. The first-order valence-electron chi connectivity index (χ1n) is 9.13. The number of aromatic amines is 1. The van der Waals surface area contributed by atoms with Crippen LogP contribution in [0.4, 0.5) is 5.95 Å². The van der Waals surface area contributed by atoms with E-state index in [1.165, 1.54) is 12.7 Å². The normalized spacial score (nSPS) is 13.1. The van der Waals surface area contributed by atoms with Gasteiger partial charge in [0.1, 0.15) is 0 Å². The van der Waals surface area contributed by atoms with E-state index in [9.17, 15) is 4.79 Å². The summed E-state index contributed by atoms with van der Waals surface area (Å²) in [6, 6.07) is 5.87. The van der Waals surface area contributed by atoms with Crippen molar-refractivity contribution >= 4 is 40.1 Å². The second-order valence-corrected chi connectivity index (χ2v) is 6.99. The number of esters is 1. The molecule has 2 N–H and O–H groups in total. The van der Waals surface area contributed by atoms with Crippen LogP contribution >= 0.6 is 11.6 Å². The van der Waals surface area contributed by atoms with Gasteiger partial charge in [-0.15, -0.1) is 0 Å². The van der Waals surface area contributed by atoms with Gasteiger partial charge in [-0.1, -0.05) is 11.6 Å². The van der Waals surface area contributed by atoms with Crippen molar-refractivity contribution in [1.82, 2.24) is 15.0 Å². The van der Waals surface area contributed by atoms with Gasteiger partial charge in [0.2, 0.25) is 5.95 Å². The van der Waals surface area contributed by atoms with Gasteiger partial charge in [-0.2, -0.15) is 0 Å². The summed E-state index contributed by atoms with van der Waals surface area (Å²) in [7, 11) is 1.39. The summed E-state index contributed by atoms with van der Waals surface area (Å²) in [5.41, 5.74) is 5.01. The molecular weight excluding hydrogens is 378 g/mol. The molecule has 0 radical (unpaired) electrons. The molecule has 1 aromatic carbocycles. The third kappa shape index (κ3) is 3.71. The molecule has 0 fully saturated rings. The number of halogens is 1. The van der Waals surface area contributed by atoms with Gasteiger partial charge in [-0.3, -0.25) is 9.79 Å². The first-order chi connectivity index (χ1) is 13.7. The molecule has 1 aliphatic rings. The Balaban J connectivity index is 1.50. The van der Waals surface area contributed by atoms with Crippen LogP contribution in [0.2, 0.25) is 5.02 Å². The van der Waals surface area contributed by atoms with Crippen molar-refractivity contribution < 1.29 is 9.53 Å². The van der Waals surface area contributed by atoms with Crippen LogP contribution in [-0.2, 0) is 16.0 Å². The summed E-state index contributed by atoms with van der Waals surface area (Å²) in [4.78, 5) is 28.0. The standard InChI is InChI=1S/C20H20ClN5O2/c1-28-17(27)3-2-7-23-20-24-10-12(11-25-20)18-19-14(6-8-22-18)15-9-13(21)4-5-16(15)26-19/h4-5,9-11,26H,2-3,6-8H2,1H3,(H,23,24,25). The highest BCUT2D eigenvalue weighted by Gasteiger charge is 2.21. The number of ether oxygens (including phenoxy) is 1. The summed E-state index contributed by atoms with van der Waals surface area (Å²) < 4.78 is 4.62. The van der Waals surface area contributed by atoms with Gasteiger partial charge in [-0.05, 0) is 36.6 Å². The number of fused-ring (bicyclic) bond motifs is 3. The highest BCUT2D eigenvalue weighted by atomic mass is 35.5. The van der Waals surface area contributed by atoms with Gasteiger partial charge in [0, 0.05) is 53.4 Å². The van der Waals surface area contributed by atoms with Gasteiger partial charge in [0.05, 0.1) is 18.5 Å². The molecule has 0 unspecified atom stereocenters. The maximum atomic E-state index is 11.1. The minimum Gasteiger partial charge on any atom is -0.469 e. The molecule has 8 heteroatoms. The Hall–Kier alpha value is -2.93. The Morgan fingerprint density at radius 2 is 2.14 bits per heavy atom. The van der Waals surface area contributed by atoms with E-state index in [1.54, 1.807) is 12.4 Å². The molecule has 144 valence electrons. The molecule has 0 saturated carbocycles. The number of rotatable bonds is 6. The maximum Gasteiger partial charge on any atom is 0.305 e. The number of aromatic nitrogens is 3. The fourth-order valence-corrected chi connectivity index (χ4v) is 3.52. The van der Waals surface area contributed by atoms with Gasteiger partial charge in [0.25, 0.3) is 0 Å². The number of benzene rings is 1. The predicted molar refractivity (Wildman–Crippen MR) is 109 cm³/mol. The van der Waals surface area contributed by atoms with Crippen molar-refractivity contribution in [2.24, 2.45) is 4.99 Å². The van der Waals surface area contributed by atoms with Gasteiger partial charge >= 0.3 is 5.97 Å². The van der Waals surface area contributed by atoms with Crippen LogP contribution in [0.25, 0.3) is 10.9 Å². The van der Waals surface area contributed by atoms with E-state index in [4.69, 9.17) is 16.6 Å². The second kappa shape index (κ2) is 7.98. The van der Waals surface area contributed by atoms with Crippen molar-refractivity contribution in [2.45, 2.75) is 19.3 Å². The summed E-state index contributed by atoms with van der Waals surface area (Å²) in [5, 5.41) is 4.97. The number of hydrogen-bond acceptors (Lipinski definition) is 6. The van der Waals surface area contributed by atoms with E-state index < -0.39 is 0 Å². The second-order valence-electron chi connectivity index (χ2n) is 6.55. The Morgan fingerprint density at radius 1 is 1.32 bits per heavy atom. The zero-order valence-corrected chi connectivity index (χ0v) is 16.2. The third-order valence-corrected chi connectivity index (χ3v) is 4.97. The summed E-state index contributed by atoms with van der Waals surface area (Å²) in [5.74, 6) is 0.303. The number of carbonyl (C=O) groups excluding carboxylic acids is 1. The molecule has 4 rings (SSSR count). The average molecular weight is 398 g/mol. The molecule has 0 saturated heterocycles. The molecule has 7 nitrogen and oxygen atoms in total. The van der Waals surface area contributed by atoms with E-state index in [0.717, 1.165) is 45.9 Å². The van der Waals surface area contributed by atoms with Gasteiger partial charge < -0.3 is 15.0 Å². The van der Waals surface area contributed by atoms with Gasteiger partial charge in [-0.25, -0.2) is 9.97 Å².